The molecule has 0 aliphatic rings. The fourth-order valence-corrected chi connectivity index (χ4v) is 6.77. The summed E-state index contributed by atoms with van der Waals surface area (Å²) in [5.74, 6) is 0. The first kappa shape index (κ1) is 137. The lowest BCUT2D eigenvalue weighted by Crippen LogP contribution is -2.25. The zero-order chi connectivity index (χ0) is 101. The molecule has 10 N–H and O–H groups in total. The normalized spacial score (nSPS) is 13.4. The Balaban J connectivity index is -0.000000293. The molecule has 0 heterocycles. The SMILES string of the molecule is CC.CC.CC(COCCOC(=O)OCCOO)OCCOC(=O)OCCO.CC(COCCOCC(C)OC(=O)OCCOO)OC(=O)OCCO.CC(O)COC(=O)OC(C)COCCOCC(C)OC(=O)OCC(C)OO.CC(O)COC(=O)OCCOC(C)COCCOC(=O)OCC(C)OO.CC(O)COC(=O)OCCOC(C)COCCOC(=O)OCC(C)OO. The molecule has 0 rings (SSSR count). The van der Waals surface area contributed by atoms with Crippen molar-refractivity contribution in [2.45, 2.75) is 197 Å². The van der Waals surface area contributed by atoms with Crippen LogP contribution in [-0.2, 0) is 167 Å². The predicted molar refractivity (Wildman–Crippen MR) is 442 cm³/mol. The number of ether oxygens (including phenoxy) is 30. The first-order valence-electron chi connectivity index (χ1n) is 41.7. The molecule has 0 saturated heterocycles. The molecule has 786 valence electrons. The minimum absolute atomic E-state index is 0.00184. The molecule has 0 spiro atoms. The molecule has 13 unspecified atom stereocenters. The maximum atomic E-state index is 11.3. The van der Waals surface area contributed by atoms with Crippen LogP contribution in [0.15, 0.2) is 0 Å². The fourth-order valence-electron chi connectivity index (χ4n) is 6.77. The van der Waals surface area contributed by atoms with Crippen molar-refractivity contribution < 1.29 is 266 Å². The van der Waals surface area contributed by atoms with Gasteiger partial charge in [-0.1, -0.05) is 27.7 Å². The summed E-state index contributed by atoms with van der Waals surface area (Å²) in [6, 6.07) is 0. The van der Waals surface area contributed by atoms with Crippen LogP contribution in [0, 0.1) is 0 Å². The molecule has 0 radical (unpaired) electrons. The minimum atomic E-state index is -0.889. The quantitative estimate of drug-likeness (QED) is 0.0107. The highest BCUT2D eigenvalue weighted by Gasteiger charge is 2.20. The van der Waals surface area contributed by atoms with Gasteiger partial charge in [-0.05, 0) is 90.0 Å². The summed E-state index contributed by atoms with van der Waals surface area (Å²) >= 11 is 0. The molecule has 0 fully saturated rings. The average molecular weight is 1950 g/mol. The standard InChI is InChI=1S/C16H30O11.2C15H28O11.C14H26O11.C13H24O11.2C2H6/c1-11(17)7-23-15(18)25-12(2)8-21-5-6-22-9-13(3)26-16(19)24-10-14(4)27-20;2*1-11(16)8-24-14(17)23-7-6-21-12(2)9-20-4-5-22-15(18)25-10-13(3)26-19;1-11(24-13(16)21-4-3-15)9-19-5-6-20-10-12(2)25-14(17)22-7-8-23-18;1-11(19-6-7-22-12(15)20-3-2-14)10-18-4-5-21-13(16)23-8-9-24-17;2*1-2/h11-14,17,20H,5-10H2,1-4H3;2*11-13,16,19H,4-10H2,1-3H3;11-12,15,18H,3-10H2,1-2H3;11,14,17H,2-10H2,1H3;2*1-2H3. The lowest BCUT2D eigenvalue weighted by Gasteiger charge is -2.15. The molecular weight excluding hydrogens is 1800 g/mol. The Bertz CT molecular complexity index is 2550. The van der Waals surface area contributed by atoms with Crippen LogP contribution in [0.1, 0.15) is 118 Å². The largest absolute Gasteiger partial charge is 0.508 e. The molecule has 132 heavy (non-hydrogen) atoms. The van der Waals surface area contributed by atoms with Crippen molar-refractivity contribution >= 4 is 61.6 Å². The summed E-state index contributed by atoms with van der Waals surface area (Å²) in [4.78, 5) is 130. The van der Waals surface area contributed by atoms with E-state index < -0.39 is 123 Å². The Hall–Kier alpha value is -8.30. The van der Waals surface area contributed by atoms with E-state index in [4.69, 9.17) is 142 Å². The average Bonchev–Trinajstić information content (AvgIpc) is 0.987. The van der Waals surface area contributed by atoms with E-state index in [-0.39, 0.29) is 263 Å². The third kappa shape index (κ3) is 114. The molecule has 0 bridgehead atoms. The number of hydrogen-bond donors (Lipinski definition) is 10. The molecule has 0 saturated carbocycles. The lowest BCUT2D eigenvalue weighted by molar-refractivity contribution is -0.280. The van der Waals surface area contributed by atoms with Crippen molar-refractivity contribution in [2.75, 3.05) is 244 Å². The summed E-state index contributed by atoms with van der Waals surface area (Å²) in [6.07, 6.45) is -15.8. The zero-order valence-corrected chi connectivity index (χ0v) is 78.5. The molecule has 13 atom stereocenters. The third-order valence-electron chi connectivity index (χ3n) is 12.4. The van der Waals surface area contributed by atoms with Gasteiger partial charge in [0.1, 0.15) is 162 Å². The topological polar surface area (TPSA) is 696 Å². The van der Waals surface area contributed by atoms with Gasteiger partial charge in [0.15, 0.2) is 0 Å². The summed E-state index contributed by atoms with van der Waals surface area (Å²) in [5, 5.41) is 84.8. The molecule has 0 aromatic heterocycles. The molecular formula is C77H148O55. The zero-order valence-electron chi connectivity index (χ0n) is 78.5. The van der Waals surface area contributed by atoms with Gasteiger partial charge in [-0.3, -0.25) is 26.3 Å². The highest BCUT2D eigenvalue weighted by Crippen LogP contribution is 2.06. The van der Waals surface area contributed by atoms with Crippen molar-refractivity contribution in [2.24, 2.45) is 0 Å². The second-order valence-corrected chi connectivity index (χ2v) is 25.5. The van der Waals surface area contributed by atoms with E-state index >= 15 is 0 Å². The van der Waals surface area contributed by atoms with E-state index in [0.29, 0.717) is 0 Å². The van der Waals surface area contributed by atoms with Crippen molar-refractivity contribution in [3.63, 3.8) is 0 Å². The number of aliphatic hydroxyl groups is 5. The predicted octanol–water partition coefficient (Wildman–Crippen LogP) is 6.14. The molecule has 55 nitrogen and oxygen atoms in total. The Morgan fingerprint density at radius 3 is 0.583 bits per heavy atom. The van der Waals surface area contributed by atoms with Gasteiger partial charge < -0.3 is 168 Å². The van der Waals surface area contributed by atoms with Crippen LogP contribution in [0.5, 0.6) is 0 Å². The van der Waals surface area contributed by atoms with Gasteiger partial charge in [-0.25, -0.2) is 72.4 Å². The summed E-state index contributed by atoms with van der Waals surface area (Å²) in [5.41, 5.74) is 0. The van der Waals surface area contributed by atoms with Gasteiger partial charge in [0.2, 0.25) is 0 Å². The number of rotatable bonds is 70. The van der Waals surface area contributed by atoms with Crippen LogP contribution >= 0.6 is 0 Å². The maximum absolute atomic E-state index is 11.3. The van der Waals surface area contributed by atoms with Gasteiger partial charge in [0, 0.05) is 0 Å². The van der Waals surface area contributed by atoms with Gasteiger partial charge in [0.05, 0.1) is 162 Å². The Labute approximate surface area is 767 Å². The van der Waals surface area contributed by atoms with Crippen molar-refractivity contribution in [3.8, 4) is 0 Å². The van der Waals surface area contributed by atoms with Gasteiger partial charge >= 0.3 is 61.6 Å². The second-order valence-electron chi connectivity index (χ2n) is 25.5. The van der Waals surface area contributed by atoms with Crippen LogP contribution in [0.3, 0.4) is 0 Å². The van der Waals surface area contributed by atoms with Crippen molar-refractivity contribution in [1.29, 1.82) is 0 Å². The monoisotopic (exact) mass is 1950 g/mol. The van der Waals surface area contributed by atoms with Gasteiger partial charge in [0.25, 0.3) is 0 Å². The van der Waals surface area contributed by atoms with E-state index in [1.807, 2.05) is 27.7 Å². The maximum Gasteiger partial charge on any atom is 0.508 e. The van der Waals surface area contributed by atoms with E-state index in [1.165, 1.54) is 41.5 Å². The molecule has 0 amide bonds. The number of hydrogen-bond acceptors (Lipinski definition) is 55. The van der Waals surface area contributed by atoms with Gasteiger partial charge in [-0.15, -0.1) is 0 Å². The highest BCUT2D eigenvalue weighted by atomic mass is 17.1. The molecule has 55 heteroatoms. The fraction of sp³-hybridized carbons (Fsp3) is 0.870. The summed E-state index contributed by atoms with van der Waals surface area (Å²) in [7, 11) is 0. The van der Waals surface area contributed by atoms with Gasteiger partial charge in [-0.2, -0.15) is 0 Å². The Kier molecular flexibility index (Phi) is 107. The second kappa shape index (κ2) is 103. The molecule has 0 aromatic rings. The molecule has 0 aliphatic heterocycles. The van der Waals surface area contributed by atoms with E-state index in [0.717, 1.165) is 0 Å². The summed E-state index contributed by atoms with van der Waals surface area (Å²) in [6.45, 7) is 30.0. The molecule has 0 aromatic carbocycles. The van der Waals surface area contributed by atoms with Crippen molar-refractivity contribution in [1.82, 2.24) is 0 Å². The number of aliphatic hydroxyl groups excluding tert-OH is 5. The van der Waals surface area contributed by atoms with Crippen LogP contribution in [-0.4, -0.2) is 437 Å². The Morgan fingerprint density at radius 2 is 0.356 bits per heavy atom. The molecule has 0 aliphatic carbocycles. The Morgan fingerprint density at radius 1 is 0.189 bits per heavy atom. The highest BCUT2D eigenvalue weighted by molar-refractivity contribution is 5.63. The van der Waals surface area contributed by atoms with Crippen LogP contribution < -0.4 is 0 Å². The van der Waals surface area contributed by atoms with E-state index in [9.17, 15) is 47.9 Å². The van der Waals surface area contributed by atoms with E-state index in [1.54, 1.807) is 48.5 Å². The lowest BCUT2D eigenvalue weighted by atomic mass is 10.4. The van der Waals surface area contributed by atoms with E-state index in [2.05, 4.69) is 76.5 Å². The van der Waals surface area contributed by atoms with Crippen molar-refractivity contribution in [3.05, 3.63) is 0 Å². The van der Waals surface area contributed by atoms with Crippen LogP contribution in [0.2, 0.25) is 0 Å². The van der Waals surface area contributed by atoms with Crippen LogP contribution in [0.4, 0.5) is 47.9 Å². The first-order valence-corrected chi connectivity index (χ1v) is 41.7. The third-order valence-corrected chi connectivity index (χ3v) is 12.4. The smallest absolute Gasteiger partial charge is 0.432 e. The minimum Gasteiger partial charge on any atom is -0.432 e. The number of carbonyl (C=O) groups excluding carboxylic acids is 10. The number of carbonyl (C=O) groups is 10. The first-order chi connectivity index (χ1) is 63.0. The van der Waals surface area contributed by atoms with Crippen LogP contribution in [0.25, 0.3) is 0 Å². The summed E-state index contributed by atoms with van der Waals surface area (Å²) < 4.78 is 147.